The zero-order chi connectivity index (χ0) is 15.5. The molecule has 7 heteroatoms. The third-order valence-corrected chi connectivity index (χ3v) is 3.77. The lowest BCUT2D eigenvalue weighted by molar-refractivity contribution is 0.410. The van der Waals surface area contributed by atoms with Gasteiger partial charge in [-0.15, -0.1) is 0 Å². The van der Waals surface area contributed by atoms with Gasteiger partial charge in [0.25, 0.3) is 0 Å². The van der Waals surface area contributed by atoms with E-state index in [1.54, 1.807) is 7.11 Å². The number of aryl methyl sites for hydroxylation is 2. The molecule has 0 radical (unpaired) electrons. The Hall–Kier alpha value is -2.31. The molecule has 1 aliphatic heterocycles. The number of methoxy groups -OCH3 is 1. The number of hydrogen-bond donors (Lipinski definition) is 2. The van der Waals surface area contributed by atoms with Crippen LogP contribution >= 0.6 is 0 Å². The van der Waals surface area contributed by atoms with Gasteiger partial charge in [-0.3, -0.25) is 5.10 Å². The topological polar surface area (TPSA) is 79.0 Å². The zero-order valence-corrected chi connectivity index (χ0v) is 13.3. The van der Waals surface area contributed by atoms with Gasteiger partial charge in [0.1, 0.15) is 5.82 Å². The van der Waals surface area contributed by atoms with E-state index in [1.807, 2.05) is 19.9 Å². The van der Waals surface area contributed by atoms with Crippen LogP contribution in [0, 0.1) is 13.8 Å². The molecule has 0 aliphatic carbocycles. The highest BCUT2D eigenvalue weighted by molar-refractivity contribution is 5.69. The number of nitrogens with zero attached hydrogens (tertiary/aromatic N) is 4. The lowest BCUT2D eigenvalue weighted by Gasteiger charge is -2.29. The maximum atomic E-state index is 5.60. The van der Waals surface area contributed by atoms with Gasteiger partial charge in [0.05, 0.1) is 7.11 Å². The van der Waals surface area contributed by atoms with Gasteiger partial charge in [0, 0.05) is 24.8 Å². The second kappa shape index (κ2) is 6.21. The molecule has 3 heterocycles. The van der Waals surface area contributed by atoms with Crippen molar-refractivity contribution in [1.29, 1.82) is 0 Å². The van der Waals surface area contributed by atoms with E-state index in [0.29, 0.717) is 11.6 Å². The minimum absolute atomic E-state index is 0.655. The van der Waals surface area contributed by atoms with E-state index in [-0.39, 0.29) is 0 Å². The standard InChI is InChI=1S/C15H22N6O/c1-10-9-12(20-19-10)18-14-13(22-3)15(17-11(2)16-14)21-7-5-4-6-8-21/h9H,4-8H2,1-3H3,(H2,16,17,18,19,20). The monoisotopic (exact) mass is 302 g/mol. The third-order valence-electron chi connectivity index (χ3n) is 3.77. The Balaban J connectivity index is 1.96. The highest BCUT2D eigenvalue weighted by Gasteiger charge is 2.21. The van der Waals surface area contributed by atoms with Gasteiger partial charge < -0.3 is 15.0 Å². The first-order valence-electron chi connectivity index (χ1n) is 7.64. The first-order chi connectivity index (χ1) is 10.7. The lowest BCUT2D eigenvalue weighted by Crippen LogP contribution is -2.31. The van der Waals surface area contributed by atoms with Crippen molar-refractivity contribution in [2.75, 3.05) is 30.4 Å². The van der Waals surface area contributed by atoms with Crippen LogP contribution < -0.4 is 15.0 Å². The van der Waals surface area contributed by atoms with Crippen LogP contribution in [0.1, 0.15) is 30.8 Å². The molecule has 0 atom stereocenters. The summed E-state index contributed by atoms with van der Waals surface area (Å²) in [7, 11) is 1.66. The van der Waals surface area contributed by atoms with Gasteiger partial charge in [-0.25, -0.2) is 9.97 Å². The summed E-state index contributed by atoms with van der Waals surface area (Å²) in [6.45, 7) is 5.87. The molecule has 118 valence electrons. The average Bonchev–Trinajstić information content (AvgIpc) is 2.93. The maximum absolute atomic E-state index is 5.60. The molecule has 0 spiro atoms. The first-order valence-corrected chi connectivity index (χ1v) is 7.64. The van der Waals surface area contributed by atoms with Crippen molar-refractivity contribution >= 4 is 17.5 Å². The van der Waals surface area contributed by atoms with Crippen molar-refractivity contribution in [2.24, 2.45) is 0 Å². The van der Waals surface area contributed by atoms with Crippen LogP contribution in [0.25, 0.3) is 0 Å². The Kier molecular flexibility index (Phi) is 4.13. The molecular weight excluding hydrogens is 280 g/mol. The Morgan fingerprint density at radius 3 is 2.59 bits per heavy atom. The van der Waals surface area contributed by atoms with Crippen molar-refractivity contribution in [3.63, 3.8) is 0 Å². The zero-order valence-electron chi connectivity index (χ0n) is 13.3. The van der Waals surface area contributed by atoms with E-state index in [1.165, 1.54) is 19.3 Å². The highest BCUT2D eigenvalue weighted by atomic mass is 16.5. The maximum Gasteiger partial charge on any atom is 0.204 e. The smallest absolute Gasteiger partial charge is 0.204 e. The number of ether oxygens (including phenoxy) is 1. The van der Waals surface area contributed by atoms with Crippen LogP contribution in [0.15, 0.2) is 6.07 Å². The van der Waals surface area contributed by atoms with Gasteiger partial charge >= 0.3 is 0 Å². The summed E-state index contributed by atoms with van der Waals surface area (Å²) in [5, 5.41) is 10.3. The van der Waals surface area contributed by atoms with Crippen LogP contribution in [0.2, 0.25) is 0 Å². The van der Waals surface area contributed by atoms with Gasteiger partial charge in [-0.1, -0.05) is 0 Å². The van der Waals surface area contributed by atoms with E-state index < -0.39 is 0 Å². The van der Waals surface area contributed by atoms with Crippen molar-refractivity contribution in [3.05, 3.63) is 17.6 Å². The molecule has 1 aliphatic rings. The molecule has 0 amide bonds. The van der Waals surface area contributed by atoms with Crippen LogP contribution in [0.3, 0.4) is 0 Å². The quantitative estimate of drug-likeness (QED) is 0.903. The minimum Gasteiger partial charge on any atom is -0.490 e. The van der Waals surface area contributed by atoms with Crippen molar-refractivity contribution in [1.82, 2.24) is 20.2 Å². The number of nitrogens with one attached hydrogen (secondary N) is 2. The van der Waals surface area contributed by atoms with Crippen LogP contribution in [0.5, 0.6) is 5.75 Å². The molecular formula is C15H22N6O. The molecule has 2 N–H and O–H groups in total. The summed E-state index contributed by atoms with van der Waals surface area (Å²) < 4.78 is 5.60. The predicted molar refractivity (Wildman–Crippen MR) is 86.0 cm³/mol. The third kappa shape index (κ3) is 2.98. The first kappa shape index (κ1) is 14.6. The van der Waals surface area contributed by atoms with Crippen LogP contribution in [-0.4, -0.2) is 40.4 Å². The average molecular weight is 302 g/mol. The Labute approximate surface area is 130 Å². The Morgan fingerprint density at radius 2 is 1.95 bits per heavy atom. The molecule has 0 aromatic carbocycles. The molecule has 3 rings (SSSR count). The largest absolute Gasteiger partial charge is 0.490 e. The lowest BCUT2D eigenvalue weighted by atomic mass is 10.1. The summed E-state index contributed by atoms with van der Waals surface area (Å²) >= 11 is 0. The van der Waals surface area contributed by atoms with Crippen molar-refractivity contribution < 1.29 is 4.74 Å². The molecule has 0 unspecified atom stereocenters. The fourth-order valence-corrected chi connectivity index (χ4v) is 2.74. The second-order valence-electron chi connectivity index (χ2n) is 5.59. The molecule has 7 nitrogen and oxygen atoms in total. The number of anilines is 3. The fourth-order valence-electron chi connectivity index (χ4n) is 2.74. The molecule has 22 heavy (non-hydrogen) atoms. The molecule has 0 bridgehead atoms. The summed E-state index contributed by atoms with van der Waals surface area (Å²) in [6, 6.07) is 1.93. The predicted octanol–water partition coefficient (Wildman–Crippen LogP) is 2.56. The Bertz CT molecular complexity index is 647. The number of piperidine rings is 1. The van der Waals surface area contributed by atoms with Crippen LogP contribution in [0.4, 0.5) is 17.5 Å². The number of aromatic amines is 1. The molecule has 0 saturated carbocycles. The normalized spacial score (nSPS) is 15.0. The number of H-pyrrole nitrogens is 1. The van der Waals surface area contributed by atoms with Gasteiger partial charge in [-0.2, -0.15) is 5.10 Å². The van der Waals surface area contributed by atoms with Crippen molar-refractivity contribution in [3.8, 4) is 5.75 Å². The van der Waals surface area contributed by atoms with Crippen LogP contribution in [-0.2, 0) is 0 Å². The minimum atomic E-state index is 0.655. The van der Waals surface area contributed by atoms with E-state index in [4.69, 9.17) is 4.74 Å². The molecule has 2 aromatic rings. The fraction of sp³-hybridized carbons (Fsp3) is 0.533. The number of rotatable bonds is 4. The van der Waals surface area contributed by atoms with Crippen molar-refractivity contribution in [2.45, 2.75) is 33.1 Å². The molecule has 2 aromatic heterocycles. The molecule has 1 fully saturated rings. The molecule has 1 saturated heterocycles. The summed E-state index contributed by atoms with van der Waals surface area (Å²) in [5.74, 6) is 3.63. The van der Waals surface area contributed by atoms with Gasteiger partial charge in [0.2, 0.25) is 5.75 Å². The van der Waals surface area contributed by atoms with Gasteiger partial charge in [-0.05, 0) is 33.1 Å². The van der Waals surface area contributed by atoms with E-state index >= 15 is 0 Å². The van der Waals surface area contributed by atoms with E-state index in [0.717, 1.165) is 36.2 Å². The second-order valence-corrected chi connectivity index (χ2v) is 5.59. The summed E-state index contributed by atoms with van der Waals surface area (Å²) in [4.78, 5) is 11.3. The van der Waals surface area contributed by atoms with Gasteiger partial charge in [0.15, 0.2) is 17.5 Å². The SMILES string of the molecule is COc1c(Nc2cc(C)[nH]n2)nc(C)nc1N1CCCCC1. The Morgan fingerprint density at radius 1 is 1.18 bits per heavy atom. The van der Waals surface area contributed by atoms with E-state index in [9.17, 15) is 0 Å². The summed E-state index contributed by atoms with van der Waals surface area (Å²) in [6.07, 6.45) is 3.65. The number of aromatic nitrogens is 4. The highest BCUT2D eigenvalue weighted by Crippen LogP contribution is 2.35. The summed E-state index contributed by atoms with van der Waals surface area (Å²) in [5.41, 5.74) is 0.989. The van der Waals surface area contributed by atoms with E-state index in [2.05, 4.69) is 30.4 Å². The number of hydrogen-bond acceptors (Lipinski definition) is 6.